The average Bonchev–Trinajstić information content (AvgIpc) is 2.68. The Morgan fingerprint density at radius 2 is 1.57 bits per heavy atom. The molecule has 1 saturated heterocycles. The van der Waals surface area contributed by atoms with Gasteiger partial charge in [0.15, 0.2) is 8.45 Å². The monoisotopic (exact) mass is 342 g/mol. The van der Waals surface area contributed by atoms with Gasteiger partial charge in [0.25, 0.3) is 10.9 Å². The Balaban J connectivity index is 2.01. The maximum Gasteiger partial charge on any atom is 0.253 e. The highest BCUT2D eigenvalue weighted by atomic mass is 31.2. The van der Waals surface area contributed by atoms with E-state index in [4.69, 9.17) is 4.52 Å². The summed E-state index contributed by atoms with van der Waals surface area (Å²) in [7, 11) is 4.95. The number of rotatable bonds is 6. The van der Waals surface area contributed by atoms with E-state index in [1.54, 1.807) is 7.05 Å². The summed E-state index contributed by atoms with van der Waals surface area (Å²) < 4.78 is 10.9. The quantitative estimate of drug-likeness (QED) is 0.598. The van der Waals surface area contributed by atoms with Crippen molar-refractivity contribution in [1.82, 2.24) is 9.34 Å². The topological polar surface area (TPSA) is 73.9 Å². The van der Waals surface area contributed by atoms with Gasteiger partial charge >= 0.3 is 0 Å². The van der Waals surface area contributed by atoms with Crippen LogP contribution in [0, 0.1) is 0 Å². The molecule has 1 aromatic carbocycles. The minimum atomic E-state index is -0.843. The van der Waals surface area contributed by atoms with Crippen molar-refractivity contribution in [2.24, 2.45) is 0 Å². The zero-order valence-corrected chi connectivity index (χ0v) is 15.8. The molecule has 0 unspecified atom stereocenters. The van der Waals surface area contributed by atoms with E-state index in [-0.39, 0.29) is 0 Å². The molecule has 0 amide bonds. The SMILES string of the molecule is CNc1c(NCC(C)(C)OP2N(C)[C@H](C)[C@@H](C)N2C)c(=O)c1=O. The van der Waals surface area contributed by atoms with Crippen LogP contribution in [0.2, 0.25) is 0 Å². The molecule has 0 aliphatic carbocycles. The first-order chi connectivity index (χ1) is 10.6. The molecule has 1 heterocycles. The van der Waals surface area contributed by atoms with Crippen molar-refractivity contribution in [3.8, 4) is 0 Å². The largest absolute Gasteiger partial charge is 0.383 e. The zero-order chi connectivity index (χ0) is 17.5. The van der Waals surface area contributed by atoms with Crippen molar-refractivity contribution in [3.05, 3.63) is 20.4 Å². The lowest BCUT2D eigenvalue weighted by Gasteiger charge is -2.34. The van der Waals surface area contributed by atoms with Gasteiger partial charge in [-0.15, -0.1) is 0 Å². The van der Waals surface area contributed by atoms with Crippen LogP contribution in [-0.4, -0.2) is 54.7 Å². The van der Waals surface area contributed by atoms with Crippen LogP contribution in [0.4, 0.5) is 11.4 Å². The second-order valence-corrected chi connectivity index (χ2v) is 8.69. The van der Waals surface area contributed by atoms with Gasteiger partial charge in [-0.1, -0.05) is 0 Å². The molecule has 1 aromatic rings. The van der Waals surface area contributed by atoms with Crippen molar-refractivity contribution in [3.63, 3.8) is 0 Å². The average molecular weight is 342 g/mol. The van der Waals surface area contributed by atoms with Crippen LogP contribution in [0.25, 0.3) is 0 Å². The highest BCUT2D eigenvalue weighted by molar-refractivity contribution is 7.47. The Labute approximate surface area is 138 Å². The Bertz CT molecular complexity index is 627. The highest BCUT2D eigenvalue weighted by Crippen LogP contribution is 2.54. The maximum atomic E-state index is 11.6. The van der Waals surface area contributed by atoms with Crippen LogP contribution in [0.5, 0.6) is 0 Å². The van der Waals surface area contributed by atoms with Crippen LogP contribution in [0.15, 0.2) is 9.59 Å². The molecule has 130 valence electrons. The molecular formula is C15H27N4O3P. The van der Waals surface area contributed by atoms with Crippen LogP contribution < -0.4 is 21.5 Å². The summed E-state index contributed by atoms with van der Waals surface area (Å²) in [5.41, 5.74) is -0.683. The minimum absolute atomic E-state index is 0.355. The Hall–Kier alpha value is -1.01. The third-order valence-corrected chi connectivity index (χ3v) is 7.06. The lowest BCUT2D eigenvalue weighted by atomic mass is 10.1. The Morgan fingerprint density at radius 1 is 1.09 bits per heavy atom. The zero-order valence-electron chi connectivity index (χ0n) is 14.9. The number of likely N-dealkylation sites (N-methyl/N-ethyl adjacent to an activating group) is 2. The second kappa shape index (κ2) is 6.48. The molecule has 2 atom stereocenters. The van der Waals surface area contributed by atoms with Gasteiger partial charge in [-0.3, -0.25) is 9.59 Å². The first-order valence-electron chi connectivity index (χ1n) is 7.80. The third-order valence-electron chi connectivity index (χ3n) is 4.60. The van der Waals surface area contributed by atoms with Crippen molar-refractivity contribution in [1.29, 1.82) is 0 Å². The summed E-state index contributed by atoms with van der Waals surface area (Å²) in [4.78, 5) is 23.0. The molecule has 0 bridgehead atoms. The van der Waals surface area contributed by atoms with Crippen molar-refractivity contribution < 1.29 is 4.52 Å². The van der Waals surface area contributed by atoms with Gasteiger partial charge in [-0.25, -0.2) is 9.34 Å². The van der Waals surface area contributed by atoms with E-state index in [1.165, 1.54) is 0 Å². The Kier molecular flexibility index (Phi) is 5.16. The molecule has 0 radical (unpaired) electrons. The lowest BCUT2D eigenvalue weighted by molar-refractivity contribution is 0.124. The van der Waals surface area contributed by atoms with Crippen molar-refractivity contribution in [2.75, 3.05) is 38.3 Å². The molecule has 8 heteroatoms. The van der Waals surface area contributed by atoms with E-state index in [9.17, 15) is 9.59 Å². The normalized spacial score (nSPS) is 24.5. The number of nitrogens with zero attached hydrogens (tertiary/aromatic N) is 2. The van der Waals surface area contributed by atoms with Gasteiger partial charge in [0, 0.05) is 25.7 Å². The van der Waals surface area contributed by atoms with Crippen LogP contribution in [-0.2, 0) is 4.52 Å². The number of anilines is 2. The predicted octanol–water partition coefficient (Wildman–Crippen LogP) is 1.41. The van der Waals surface area contributed by atoms with E-state index in [2.05, 4.69) is 47.9 Å². The van der Waals surface area contributed by atoms with E-state index in [0.717, 1.165) is 0 Å². The summed E-state index contributed by atoms with van der Waals surface area (Å²) in [6.07, 6.45) is 0. The molecule has 0 saturated carbocycles. The van der Waals surface area contributed by atoms with Gasteiger partial charge in [0.05, 0.1) is 5.60 Å². The van der Waals surface area contributed by atoms with Crippen LogP contribution in [0.1, 0.15) is 27.7 Å². The van der Waals surface area contributed by atoms with Gasteiger partial charge in [0.2, 0.25) is 0 Å². The molecule has 1 fully saturated rings. The van der Waals surface area contributed by atoms with E-state index < -0.39 is 24.9 Å². The Morgan fingerprint density at radius 3 is 2.04 bits per heavy atom. The number of nitrogens with one attached hydrogen (secondary N) is 2. The molecule has 1 aliphatic heterocycles. The van der Waals surface area contributed by atoms with Gasteiger partial charge in [0.1, 0.15) is 11.4 Å². The number of hydrogen-bond acceptors (Lipinski definition) is 7. The fraction of sp³-hybridized carbons (Fsp3) is 0.733. The molecule has 23 heavy (non-hydrogen) atoms. The predicted molar refractivity (Wildman–Crippen MR) is 95.9 cm³/mol. The van der Waals surface area contributed by atoms with Crippen LogP contribution in [0.3, 0.4) is 0 Å². The fourth-order valence-electron chi connectivity index (χ4n) is 2.64. The standard InChI is InChI=1S/C15H27N4O3P/c1-9-10(2)19(7)23(18(9)6)22-15(3,4)8-17-12-11(16-5)13(20)14(12)21/h9-10,16-17H,8H2,1-7H3/t9-,10-/m1/s1. The maximum absolute atomic E-state index is 11.6. The first-order valence-corrected chi connectivity index (χ1v) is 8.97. The van der Waals surface area contributed by atoms with Gasteiger partial charge in [-0.2, -0.15) is 0 Å². The second-order valence-electron chi connectivity index (χ2n) is 6.74. The van der Waals surface area contributed by atoms with Crippen molar-refractivity contribution in [2.45, 2.75) is 45.4 Å². The van der Waals surface area contributed by atoms with Crippen molar-refractivity contribution >= 4 is 19.8 Å². The molecular weight excluding hydrogens is 315 g/mol. The molecule has 0 spiro atoms. The minimum Gasteiger partial charge on any atom is -0.383 e. The fourth-order valence-corrected chi connectivity index (χ4v) is 4.86. The molecule has 1 aliphatic rings. The van der Waals surface area contributed by atoms with E-state index >= 15 is 0 Å². The van der Waals surface area contributed by atoms with Gasteiger partial charge < -0.3 is 15.2 Å². The van der Waals surface area contributed by atoms with E-state index in [1.807, 2.05) is 13.8 Å². The van der Waals surface area contributed by atoms with Crippen LogP contribution >= 0.6 is 8.45 Å². The van der Waals surface area contributed by atoms with E-state index in [0.29, 0.717) is 30.0 Å². The summed E-state index contributed by atoms with van der Waals surface area (Å²) in [5.74, 6) is 0. The summed E-state index contributed by atoms with van der Waals surface area (Å²) in [6.45, 7) is 8.82. The summed E-state index contributed by atoms with van der Waals surface area (Å²) in [5, 5.41) is 5.82. The number of hydrogen-bond donors (Lipinski definition) is 2. The summed E-state index contributed by atoms with van der Waals surface area (Å²) in [6, 6.07) is 0.860. The third kappa shape index (κ3) is 3.29. The molecule has 2 rings (SSSR count). The summed E-state index contributed by atoms with van der Waals surface area (Å²) >= 11 is 0. The lowest BCUT2D eigenvalue weighted by Crippen LogP contribution is -2.41. The molecule has 7 nitrogen and oxygen atoms in total. The molecule has 0 aromatic heterocycles. The first kappa shape index (κ1) is 18.3. The van der Waals surface area contributed by atoms with Gasteiger partial charge in [-0.05, 0) is 41.8 Å². The smallest absolute Gasteiger partial charge is 0.253 e. The molecule has 2 N–H and O–H groups in total. The highest BCUT2D eigenvalue weighted by Gasteiger charge is 2.42.